The van der Waals surface area contributed by atoms with E-state index in [1.165, 1.54) is 24.3 Å². The fraction of sp³-hybridized carbons (Fsp3) is 0. The van der Waals surface area contributed by atoms with Crippen molar-refractivity contribution in [2.75, 3.05) is 5.32 Å². The molecule has 25 heavy (non-hydrogen) atoms. The predicted octanol–water partition coefficient (Wildman–Crippen LogP) is 4.45. The topological polar surface area (TPSA) is 85.1 Å². The summed E-state index contributed by atoms with van der Waals surface area (Å²) >= 11 is 5.94. The highest BCUT2D eigenvalue weighted by atomic mass is 35.5. The molecular formula is C18H12ClN3O3. The number of non-ortho nitro benzene ring substituents is 1. The van der Waals surface area contributed by atoms with Crippen molar-refractivity contribution in [3.63, 3.8) is 0 Å². The minimum atomic E-state index is -0.481. The number of aromatic nitrogens is 1. The lowest BCUT2D eigenvalue weighted by Crippen LogP contribution is -2.08. The van der Waals surface area contributed by atoms with Gasteiger partial charge in [0.1, 0.15) is 0 Å². The maximum absolute atomic E-state index is 12.1. The summed E-state index contributed by atoms with van der Waals surface area (Å²) in [6.07, 6.45) is 4.42. The van der Waals surface area contributed by atoms with Crippen molar-refractivity contribution >= 4 is 45.9 Å². The van der Waals surface area contributed by atoms with E-state index in [1.54, 1.807) is 42.6 Å². The molecule has 0 aliphatic rings. The molecule has 7 heteroatoms. The summed E-state index contributed by atoms with van der Waals surface area (Å²) in [6, 6.07) is 12.9. The Morgan fingerprint density at radius 2 is 2.04 bits per heavy atom. The molecule has 3 aromatic rings. The van der Waals surface area contributed by atoms with Crippen molar-refractivity contribution < 1.29 is 9.72 Å². The Morgan fingerprint density at radius 3 is 2.84 bits per heavy atom. The average molecular weight is 354 g/mol. The van der Waals surface area contributed by atoms with Crippen molar-refractivity contribution in [1.82, 2.24) is 4.98 Å². The second kappa shape index (κ2) is 7.11. The quantitative estimate of drug-likeness (QED) is 0.426. The highest BCUT2D eigenvalue weighted by Gasteiger charge is 2.06. The number of carbonyl (C=O) groups is 1. The molecule has 1 N–H and O–H groups in total. The number of nitro benzene ring substituents is 1. The van der Waals surface area contributed by atoms with E-state index >= 15 is 0 Å². The highest BCUT2D eigenvalue weighted by molar-refractivity contribution is 6.31. The third-order valence-electron chi connectivity index (χ3n) is 3.47. The van der Waals surface area contributed by atoms with Gasteiger partial charge in [-0.25, -0.2) is 0 Å². The summed E-state index contributed by atoms with van der Waals surface area (Å²) in [6.45, 7) is 0. The van der Waals surface area contributed by atoms with Gasteiger partial charge in [-0.1, -0.05) is 23.7 Å². The molecule has 1 amide bonds. The Bertz CT molecular complexity index is 1000. The second-order valence-corrected chi connectivity index (χ2v) is 5.63. The molecular weight excluding hydrogens is 342 g/mol. The van der Waals surface area contributed by atoms with Gasteiger partial charge in [0.15, 0.2) is 0 Å². The van der Waals surface area contributed by atoms with Gasteiger partial charge in [0, 0.05) is 34.8 Å². The highest BCUT2D eigenvalue weighted by Crippen LogP contribution is 2.24. The number of fused-ring (bicyclic) bond motifs is 1. The second-order valence-electron chi connectivity index (χ2n) is 5.19. The SMILES string of the molecule is O=C(/C=C/c1cccc([N+](=O)[O-])c1)Nc1ccnc2cc(Cl)ccc12. The van der Waals surface area contributed by atoms with Crippen LogP contribution in [0.4, 0.5) is 11.4 Å². The third-order valence-corrected chi connectivity index (χ3v) is 3.71. The number of halogens is 1. The zero-order valence-electron chi connectivity index (χ0n) is 12.8. The number of amides is 1. The van der Waals surface area contributed by atoms with E-state index in [2.05, 4.69) is 10.3 Å². The summed E-state index contributed by atoms with van der Waals surface area (Å²) in [5.41, 5.74) is 1.82. The van der Waals surface area contributed by atoms with E-state index in [-0.39, 0.29) is 11.6 Å². The van der Waals surface area contributed by atoms with Crippen LogP contribution in [0.15, 0.2) is 60.8 Å². The van der Waals surface area contributed by atoms with Gasteiger partial charge in [0.2, 0.25) is 5.91 Å². The number of pyridine rings is 1. The molecule has 0 unspecified atom stereocenters. The molecule has 124 valence electrons. The van der Waals surface area contributed by atoms with Crippen LogP contribution in [-0.4, -0.2) is 15.8 Å². The van der Waals surface area contributed by atoms with Gasteiger partial charge in [-0.05, 0) is 35.9 Å². The summed E-state index contributed by atoms with van der Waals surface area (Å²) < 4.78 is 0. The number of hydrogen-bond donors (Lipinski definition) is 1. The zero-order chi connectivity index (χ0) is 17.8. The molecule has 0 atom stereocenters. The first-order valence-electron chi connectivity index (χ1n) is 7.31. The molecule has 0 saturated carbocycles. The van der Waals surface area contributed by atoms with Crippen molar-refractivity contribution in [1.29, 1.82) is 0 Å². The fourth-order valence-electron chi connectivity index (χ4n) is 2.32. The van der Waals surface area contributed by atoms with Crippen LogP contribution < -0.4 is 5.32 Å². The number of hydrogen-bond acceptors (Lipinski definition) is 4. The van der Waals surface area contributed by atoms with Crippen molar-refractivity contribution in [3.8, 4) is 0 Å². The number of nitrogens with zero attached hydrogens (tertiary/aromatic N) is 2. The molecule has 2 aromatic carbocycles. The molecule has 1 aromatic heterocycles. The summed E-state index contributed by atoms with van der Waals surface area (Å²) in [5.74, 6) is -0.353. The number of anilines is 1. The molecule has 0 aliphatic carbocycles. The molecule has 0 aliphatic heterocycles. The smallest absolute Gasteiger partial charge is 0.270 e. The lowest BCUT2D eigenvalue weighted by Gasteiger charge is -2.06. The monoisotopic (exact) mass is 353 g/mol. The average Bonchev–Trinajstić information content (AvgIpc) is 2.60. The molecule has 0 fully saturated rings. The number of carbonyl (C=O) groups excluding carboxylic acids is 1. The van der Waals surface area contributed by atoms with Gasteiger partial charge in [0.05, 0.1) is 16.1 Å². The summed E-state index contributed by atoms with van der Waals surface area (Å²) in [4.78, 5) is 26.6. The molecule has 6 nitrogen and oxygen atoms in total. The Morgan fingerprint density at radius 1 is 1.20 bits per heavy atom. The largest absolute Gasteiger partial charge is 0.322 e. The van der Waals surface area contributed by atoms with E-state index in [9.17, 15) is 14.9 Å². The maximum Gasteiger partial charge on any atom is 0.270 e. The van der Waals surface area contributed by atoms with E-state index in [0.717, 1.165) is 5.39 Å². The van der Waals surface area contributed by atoms with Crippen LogP contribution in [0.1, 0.15) is 5.56 Å². The Labute approximate surface area is 147 Å². The van der Waals surface area contributed by atoms with Crippen LogP contribution in [0.5, 0.6) is 0 Å². The number of nitrogens with one attached hydrogen (secondary N) is 1. The number of rotatable bonds is 4. The van der Waals surface area contributed by atoms with Gasteiger partial charge in [-0.2, -0.15) is 0 Å². The Hall–Kier alpha value is -3.25. The summed E-state index contributed by atoms with van der Waals surface area (Å²) in [7, 11) is 0. The lowest BCUT2D eigenvalue weighted by molar-refractivity contribution is -0.384. The molecule has 0 saturated heterocycles. The van der Waals surface area contributed by atoms with Gasteiger partial charge in [-0.15, -0.1) is 0 Å². The molecule has 1 heterocycles. The molecule has 0 radical (unpaired) electrons. The van der Waals surface area contributed by atoms with Crippen LogP contribution in [0.3, 0.4) is 0 Å². The van der Waals surface area contributed by atoms with Crippen LogP contribution in [-0.2, 0) is 4.79 Å². The molecule has 3 rings (SSSR count). The zero-order valence-corrected chi connectivity index (χ0v) is 13.6. The van der Waals surface area contributed by atoms with E-state index in [0.29, 0.717) is 21.8 Å². The Kier molecular flexibility index (Phi) is 4.72. The first-order chi connectivity index (χ1) is 12.0. The maximum atomic E-state index is 12.1. The van der Waals surface area contributed by atoms with Gasteiger partial charge < -0.3 is 5.32 Å². The minimum absolute atomic E-state index is 0.0282. The van der Waals surface area contributed by atoms with Crippen LogP contribution in [0.25, 0.3) is 17.0 Å². The van der Waals surface area contributed by atoms with E-state index in [1.807, 2.05) is 0 Å². The van der Waals surface area contributed by atoms with E-state index < -0.39 is 4.92 Å². The first-order valence-corrected chi connectivity index (χ1v) is 7.68. The molecule has 0 spiro atoms. The standard InChI is InChI=1S/C18H12ClN3O3/c19-13-5-6-15-16(8-9-20-17(15)11-13)21-18(23)7-4-12-2-1-3-14(10-12)22(24)25/h1-11H,(H,20,21,23)/b7-4+. The third kappa shape index (κ3) is 3.99. The number of benzene rings is 2. The lowest BCUT2D eigenvalue weighted by atomic mass is 10.1. The minimum Gasteiger partial charge on any atom is -0.322 e. The first kappa shape index (κ1) is 16.6. The van der Waals surface area contributed by atoms with Crippen LogP contribution in [0, 0.1) is 10.1 Å². The van der Waals surface area contributed by atoms with Crippen molar-refractivity contribution in [2.45, 2.75) is 0 Å². The van der Waals surface area contributed by atoms with Gasteiger partial charge in [0.25, 0.3) is 5.69 Å². The van der Waals surface area contributed by atoms with Crippen molar-refractivity contribution in [2.24, 2.45) is 0 Å². The predicted molar refractivity (Wildman–Crippen MR) is 97.5 cm³/mol. The van der Waals surface area contributed by atoms with Gasteiger partial charge >= 0.3 is 0 Å². The normalized spacial score (nSPS) is 10.9. The van der Waals surface area contributed by atoms with Gasteiger partial charge in [-0.3, -0.25) is 19.9 Å². The summed E-state index contributed by atoms with van der Waals surface area (Å²) in [5, 5.41) is 14.9. The number of nitro groups is 1. The van der Waals surface area contributed by atoms with E-state index in [4.69, 9.17) is 11.6 Å². The van der Waals surface area contributed by atoms with Crippen LogP contribution >= 0.6 is 11.6 Å². The molecule has 0 bridgehead atoms. The fourth-order valence-corrected chi connectivity index (χ4v) is 2.48. The van der Waals surface area contributed by atoms with Crippen molar-refractivity contribution in [3.05, 3.63) is 81.5 Å². The van der Waals surface area contributed by atoms with Crippen LogP contribution in [0.2, 0.25) is 5.02 Å². The Balaban J connectivity index is 1.79.